The molecule has 4 heteroatoms. The largest absolute Gasteiger partial charge is 0.481 e. The Morgan fingerprint density at radius 1 is 1.13 bits per heavy atom. The molecular formula is C19H21NO2S. The monoisotopic (exact) mass is 327 g/mol. The van der Waals surface area contributed by atoms with Crippen molar-refractivity contribution < 1.29 is 9.53 Å². The van der Waals surface area contributed by atoms with E-state index in [4.69, 9.17) is 4.74 Å². The lowest BCUT2D eigenvalue weighted by atomic mass is 9.99. The fourth-order valence-electron chi connectivity index (χ4n) is 2.85. The van der Waals surface area contributed by atoms with Crippen LogP contribution < -0.4 is 4.74 Å². The molecule has 120 valence electrons. The molecule has 1 unspecified atom stereocenters. The highest BCUT2D eigenvalue weighted by Crippen LogP contribution is 2.22. The molecule has 0 fully saturated rings. The van der Waals surface area contributed by atoms with E-state index >= 15 is 0 Å². The van der Waals surface area contributed by atoms with Crippen LogP contribution in [0.5, 0.6) is 5.75 Å². The third-order valence-corrected chi connectivity index (χ3v) is 4.91. The number of hydrogen-bond donors (Lipinski definition) is 0. The predicted octanol–water partition coefficient (Wildman–Crippen LogP) is 3.76. The summed E-state index contributed by atoms with van der Waals surface area (Å²) in [5.41, 5.74) is 2.58. The number of amides is 1. The molecule has 0 saturated heterocycles. The Bertz CT molecular complexity index is 684. The topological polar surface area (TPSA) is 29.5 Å². The van der Waals surface area contributed by atoms with Crippen molar-refractivity contribution in [1.29, 1.82) is 0 Å². The van der Waals surface area contributed by atoms with E-state index in [0.717, 1.165) is 18.7 Å². The Balaban J connectivity index is 1.63. The number of hydrogen-bond acceptors (Lipinski definition) is 3. The smallest absolute Gasteiger partial charge is 0.263 e. The van der Waals surface area contributed by atoms with Gasteiger partial charge in [-0.2, -0.15) is 0 Å². The first kappa shape index (κ1) is 15.9. The van der Waals surface area contributed by atoms with Gasteiger partial charge in [-0.1, -0.05) is 24.3 Å². The number of ether oxygens (including phenoxy) is 1. The van der Waals surface area contributed by atoms with Gasteiger partial charge in [-0.05, 0) is 55.0 Å². The molecule has 1 aliphatic heterocycles. The summed E-state index contributed by atoms with van der Waals surface area (Å²) in [4.78, 5) is 15.7. The summed E-state index contributed by atoms with van der Waals surface area (Å²) in [5, 5.41) is 0. The molecule has 3 nitrogen and oxygen atoms in total. The fraction of sp³-hybridized carbons (Fsp3) is 0.316. The van der Waals surface area contributed by atoms with Gasteiger partial charge in [-0.25, -0.2) is 0 Å². The first-order valence-electron chi connectivity index (χ1n) is 7.83. The molecule has 0 aliphatic carbocycles. The zero-order valence-corrected chi connectivity index (χ0v) is 14.3. The molecule has 0 spiro atoms. The number of carbonyl (C=O) groups excluding carboxylic acids is 1. The van der Waals surface area contributed by atoms with Gasteiger partial charge < -0.3 is 9.64 Å². The molecule has 0 N–H and O–H groups in total. The normalized spacial score (nSPS) is 15.0. The Labute approximate surface area is 141 Å². The van der Waals surface area contributed by atoms with E-state index in [1.807, 2.05) is 48.4 Å². The van der Waals surface area contributed by atoms with E-state index in [2.05, 4.69) is 18.2 Å². The molecular weight excluding hydrogens is 306 g/mol. The maximum Gasteiger partial charge on any atom is 0.263 e. The minimum atomic E-state index is -0.472. The second-order valence-corrected chi connectivity index (χ2v) is 6.59. The van der Waals surface area contributed by atoms with Crippen molar-refractivity contribution in [3.63, 3.8) is 0 Å². The van der Waals surface area contributed by atoms with Gasteiger partial charge in [-0.15, -0.1) is 11.8 Å². The SMILES string of the molecule is CSc1ccc(OC(C)C(=O)N2CCc3ccccc3C2)cc1. The zero-order valence-electron chi connectivity index (χ0n) is 13.5. The maximum absolute atomic E-state index is 12.6. The van der Waals surface area contributed by atoms with Gasteiger partial charge in [0.25, 0.3) is 5.91 Å². The summed E-state index contributed by atoms with van der Waals surface area (Å²) >= 11 is 1.69. The summed E-state index contributed by atoms with van der Waals surface area (Å²) in [6.07, 6.45) is 2.48. The van der Waals surface area contributed by atoms with Crippen molar-refractivity contribution in [2.75, 3.05) is 12.8 Å². The van der Waals surface area contributed by atoms with E-state index in [-0.39, 0.29) is 5.91 Å². The zero-order chi connectivity index (χ0) is 16.2. The summed E-state index contributed by atoms with van der Waals surface area (Å²) < 4.78 is 5.82. The number of thioether (sulfide) groups is 1. The summed E-state index contributed by atoms with van der Waals surface area (Å²) in [6, 6.07) is 16.2. The minimum Gasteiger partial charge on any atom is -0.481 e. The van der Waals surface area contributed by atoms with Crippen molar-refractivity contribution in [2.24, 2.45) is 0 Å². The highest BCUT2D eigenvalue weighted by molar-refractivity contribution is 7.98. The van der Waals surface area contributed by atoms with Crippen molar-refractivity contribution in [1.82, 2.24) is 4.90 Å². The van der Waals surface area contributed by atoms with Crippen LogP contribution >= 0.6 is 11.8 Å². The maximum atomic E-state index is 12.6. The number of carbonyl (C=O) groups is 1. The van der Waals surface area contributed by atoms with Crippen LogP contribution in [0.3, 0.4) is 0 Å². The molecule has 2 aromatic rings. The average molecular weight is 327 g/mol. The first-order valence-corrected chi connectivity index (χ1v) is 9.06. The lowest BCUT2D eigenvalue weighted by Crippen LogP contribution is -2.43. The first-order chi connectivity index (χ1) is 11.2. The van der Waals surface area contributed by atoms with Crippen LogP contribution in [-0.2, 0) is 17.8 Å². The number of benzene rings is 2. The summed E-state index contributed by atoms with van der Waals surface area (Å²) in [7, 11) is 0. The Morgan fingerprint density at radius 2 is 1.83 bits per heavy atom. The molecule has 0 bridgehead atoms. The van der Waals surface area contributed by atoms with E-state index in [9.17, 15) is 4.79 Å². The van der Waals surface area contributed by atoms with Crippen LogP contribution in [0.4, 0.5) is 0 Å². The molecule has 1 atom stereocenters. The number of rotatable bonds is 4. The molecule has 0 saturated carbocycles. The minimum absolute atomic E-state index is 0.0495. The van der Waals surface area contributed by atoms with Crippen molar-refractivity contribution in [3.8, 4) is 5.75 Å². The number of nitrogens with zero attached hydrogens (tertiary/aromatic N) is 1. The second kappa shape index (κ2) is 7.09. The molecule has 1 amide bonds. The van der Waals surface area contributed by atoms with Gasteiger partial charge in [0.15, 0.2) is 6.10 Å². The summed E-state index contributed by atoms with van der Waals surface area (Å²) in [6.45, 7) is 3.26. The summed E-state index contributed by atoms with van der Waals surface area (Å²) in [5.74, 6) is 0.787. The Hall–Kier alpha value is -1.94. The molecule has 1 heterocycles. The third kappa shape index (κ3) is 3.70. The van der Waals surface area contributed by atoms with Crippen LogP contribution in [-0.4, -0.2) is 29.7 Å². The molecule has 1 aliphatic rings. The van der Waals surface area contributed by atoms with E-state index in [1.165, 1.54) is 16.0 Å². The molecule has 0 radical (unpaired) electrons. The molecule has 0 aromatic heterocycles. The lowest BCUT2D eigenvalue weighted by Gasteiger charge is -2.31. The van der Waals surface area contributed by atoms with Crippen LogP contribution in [0.1, 0.15) is 18.1 Å². The van der Waals surface area contributed by atoms with Gasteiger partial charge in [-0.3, -0.25) is 4.79 Å². The van der Waals surface area contributed by atoms with E-state index in [1.54, 1.807) is 11.8 Å². The van der Waals surface area contributed by atoms with E-state index < -0.39 is 6.10 Å². The van der Waals surface area contributed by atoms with Gasteiger partial charge in [0.1, 0.15) is 5.75 Å². The van der Waals surface area contributed by atoms with Gasteiger partial charge in [0.2, 0.25) is 0 Å². The lowest BCUT2D eigenvalue weighted by molar-refractivity contribution is -0.138. The Morgan fingerprint density at radius 3 is 2.52 bits per heavy atom. The van der Waals surface area contributed by atoms with Gasteiger partial charge in [0.05, 0.1) is 0 Å². The van der Waals surface area contributed by atoms with Crippen molar-refractivity contribution >= 4 is 17.7 Å². The van der Waals surface area contributed by atoms with Gasteiger partial charge in [0, 0.05) is 18.0 Å². The predicted molar refractivity (Wildman–Crippen MR) is 93.9 cm³/mol. The highest BCUT2D eigenvalue weighted by atomic mass is 32.2. The molecule has 2 aromatic carbocycles. The standard InChI is InChI=1S/C19H21NO2S/c1-14(22-17-7-9-18(23-2)10-8-17)19(21)20-12-11-15-5-3-4-6-16(15)13-20/h3-10,14H,11-13H2,1-2H3. The van der Waals surface area contributed by atoms with Crippen molar-refractivity contribution in [3.05, 3.63) is 59.7 Å². The molecule has 3 rings (SSSR count). The highest BCUT2D eigenvalue weighted by Gasteiger charge is 2.25. The Kier molecular flexibility index (Phi) is 4.91. The fourth-order valence-corrected chi connectivity index (χ4v) is 3.26. The van der Waals surface area contributed by atoms with Crippen LogP contribution in [0.25, 0.3) is 0 Å². The van der Waals surface area contributed by atoms with Crippen LogP contribution in [0, 0.1) is 0 Å². The third-order valence-electron chi connectivity index (χ3n) is 4.16. The average Bonchev–Trinajstić information content (AvgIpc) is 2.61. The van der Waals surface area contributed by atoms with Gasteiger partial charge >= 0.3 is 0 Å². The quantitative estimate of drug-likeness (QED) is 0.801. The van der Waals surface area contributed by atoms with Crippen molar-refractivity contribution in [2.45, 2.75) is 30.9 Å². The van der Waals surface area contributed by atoms with Crippen LogP contribution in [0.2, 0.25) is 0 Å². The number of fused-ring (bicyclic) bond motifs is 1. The molecule has 23 heavy (non-hydrogen) atoms. The van der Waals surface area contributed by atoms with E-state index in [0.29, 0.717) is 6.54 Å². The van der Waals surface area contributed by atoms with Crippen LogP contribution in [0.15, 0.2) is 53.4 Å². The second-order valence-electron chi connectivity index (χ2n) is 5.71.